The molecule has 3 heteroatoms. The number of fused-ring (bicyclic) bond motifs is 1. The molecule has 1 aliphatic heterocycles. The van der Waals surface area contributed by atoms with Crippen molar-refractivity contribution in [3.05, 3.63) is 29.3 Å². The van der Waals surface area contributed by atoms with E-state index in [-0.39, 0.29) is 0 Å². The highest BCUT2D eigenvalue weighted by atomic mass is 16.5. The molecule has 1 N–H and O–H groups in total. The zero-order chi connectivity index (χ0) is 13.9. The smallest absolute Gasteiger partial charge is 0.119 e. The van der Waals surface area contributed by atoms with Crippen molar-refractivity contribution in [1.29, 1.82) is 0 Å². The maximum atomic E-state index is 5.36. The molecule has 2 aliphatic rings. The fourth-order valence-corrected chi connectivity index (χ4v) is 3.90. The first-order valence-electron chi connectivity index (χ1n) is 7.91. The van der Waals surface area contributed by atoms with E-state index in [1.807, 2.05) is 0 Å². The number of rotatable bonds is 3. The molecule has 0 spiro atoms. The summed E-state index contributed by atoms with van der Waals surface area (Å²) in [5, 5.41) is 3.56. The van der Waals surface area contributed by atoms with Crippen molar-refractivity contribution < 1.29 is 4.74 Å². The monoisotopic (exact) mass is 274 g/mol. The fraction of sp³-hybridized carbons (Fsp3) is 0.647. The van der Waals surface area contributed by atoms with E-state index in [1.165, 1.54) is 56.3 Å². The third kappa shape index (κ3) is 2.57. The molecule has 3 nitrogen and oxygen atoms in total. The number of nitrogens with zero attached hydrogens (tertiary/aromatic N) is 1. The first-order valence-corrected chi connectivity index (χ1v) is 7.91. The summed E-state index contributed by atoms with van der Waals surface area (Å²) in [6, 6.07) is 7.68. The number of nitrogens with one attached hydrogen (secondary N) is 1. The van der Waals surface area contributed by atoms with Crippen LogP contribution in [0.4, 0.5) is 0 Å². The standard InChI is InChI=1S/C17H26N2O/c1-18-17-15-8-7-14(20-2)12-13(15)6-9-16(17)19-10-4-3-5-11-19/h7-8,12,16-18H,3-6,9-11H2,1-2H3. The summed E-state index contributed by atoms with van der Waals surface area (Å²) in [4.78, 5) is 2.71. The lowest BCUT2D eigenvalue weighted by atomic mass is 9.82. The Kier molecular flexibility index (Phi) is 4.27. The predicted octanol–water partition coefficient (Wildman–Crippen LogP) is 2.76. The van der Waals surface area contributed by atoms with Gasteiger partial charge in [-0.15, -0.1) is 0 Å². The summed E-state index contributed by atoms with van der Waals surface area (Å²) in [5.41, 5.74) is 2.92. The van der Waals surface area contributed by atoms with E-state index in [4.69, 9.17) is 4.74 Å². The quantitative estimate of drug-likeness (QED) is 0.917. The molecule has 0 amide bonds. The molecule has 1 heterocycles. The highest BCUT2D eigenvalue weighted by Crippen LogP contribution is 2.35. The first kappa shape index (κ1) is 13.9. The molecule has 3 rings (SSSR count). The highest BCUT2D eigenvalue weighted by molar-refractivity contribution is 5.40. The number of methoxy groups -OCH3 is 1. The van der Waals surface area contributed by atoms with Gasteiger partial charge in [0.25, 0.3) is 0 Å². The number of piperidine rings is 1. The Morgan fingerprint density at radius 2 is 2.00 bits per heavy atom. The summed E-state index contributed by atoms with van der Waals surface area (Å²) in [6.07, 6.45) is 6.56. The van der Waals surface area contributed by atoms with Gasteiger partial charge >= 0.3 is 0 Å². The van der Waals surface area contributed by atoms with E-state index in [0.717, 1.165) is 5.75 Å². The molecule has 0 radical (unpaired) electrons. The predicted molar refractivity (Wildman–Crippen MR) is 82.3 cm³/mol. The van der Waals surface area contributed by atoms with Crippen molar-refractivity contribution in [3.8, 4) is 5.75 Å². The zero-order valence-electron chi connectivity index (χ0n) is 12.7. The molecule has 0 aromatic heterocycles. The van der Waals surface area contributed by atoms with Crippen molar-refractivity contribution in [2.24, 2.45) is 0 Å². The topological polar surface area (TPSA) is 24.5 Å². The average molecular weight is 274 g/mol. The second kappa shape index (κ2) is 6.15. The normalized spacial score (nSPS) is 27.1. The summed E-state index contributed by atoms with van der Waals surface area (Å²) in [7, 11) is 3.84. The fourth-order valence-electron chi connectivity index (χ4n) is 3.90. The summed E-state index contributed by atoms with van der Waals surface area (Å²) in [6.45, 7) is 2.54. The summed E-state index contributed by atoms with van der Waals surface area (Å²) in [5.74, 6) is 0.982. The lowest BCUT2D eigenvalue weighted by Gasteiger charge is -2.42. The van der Waals surface area contributed by atoms with Crippen molar-refractivity contribution in [3.63, 3.8) is 0 Å². The average Bonchev–Trinajstić information content (AvgIpc) is 2.53. The molecular weight excluding hydrogens is 248 g/mol. The van der Waals surface area contributed by atoms with Crippen LogP contribution in [0, 0.1) is 0 Å². The van der Waals surface area contributed by atoms with E-state index in [9.17, 15) is 0 Å². The van der Waals surface area contributed by atoms with Crippen LogP contribution >= 0.6 is 0 Å². The minimum atomic E-state index is 0.461. The van der Waals surface area contributed by atoms with Crippen LogP contribution in [0.3, 0.4) is 0 Å². The van der Waals surface area contributed by atoms with Gasteiger partial charge in [-0.05, 0) is 69.1 Å². The number of likely N-dealkylation sites (tertiary alicyclic amines) is 1. The second-order valence-electron chi connectivity index (χ2n) is 6.03. The summed E-state index contributed by atoms with van der Waals surface area (Å²) >= 11 is 0. The van der Waals surface area contributed by atoms with Crippen LogP contribution < -0.4 is 10.1 Å². The van der Waals surface area contributed by atoms with Gasteiger partial charge < -0.3 is 10.1 Å². The lowest BCUT2D eigenvalue weighted by Crippen LogP contribution is -2.48. The van der Waals surface area contributed by atoms with E-state index >= 15 is 0 Å². The Morgan fingerprint density at radius 1 is 1.20 bits per heavy atom. The van der Waals surface area contributed by atoms with Crippen LogP contribution in [0.1, 0.15) is 42.9 Å². The number of likely N-dealkylation sites (N-methyl/N-ethyl adjacent to an activating group) is 1. The molecule has 1 aromatic carbocycles. The van der Waals surface area contributed by atoms with Gasteiger partial charge in [-0.3, -0.25) is 4.90 Å². The van der Waals surface area contributed by atoms with Crippen molar-refractivity contribution >= 4 is 0 Å². The molecule has 1 aromatic rings. The molecule has 2 atom stereocenters. The largest absolute Gasteiger partial charge is 0.497 e. The molecule has 0 saturated carbocycles. The van der Waals surface area contributed by atoms with Crippen LogP contribution in [0.25, 0.3) is 0 Å². The molecule has 1 aliphatic carbocycles. The van der Waals surface area contributed by atoms with Crippen molar-refractivity contribution in [1.82, 2.24) is 10.2 Å². The van der Waals surface area contributed by atoms with Crippen LogP contribution in [0.5, 0.6) is 5.75 Å². The van der Waals surface area contributed by atoms with Crippen LogP contribution in [-0.4, -0.2) is 38.2 Å². The van der Waals surface area contributed by atoms with Crippen molar-refractivity contribution in [2.45, 2.75) is 44.2 Å². The zero-order valence-corrected chi connectivity index (χ0v) is 12.7. The third-order valence-electron chi connectivity index (χ3n) is 4.95. The molecule has 110 valence electrons. The van der Waals surface area contributed by atoms with Gasteiger partial charge in [-0.1, -0.05) is 12.5 Å². The molecular formula is C17H26N2O. The molecule has 1 saturated heterocycles. The van der Waals surface area contributed by atoms with Crippen LogP contribution in [0.2, 0.25) is 0 Å². The molecule has 20 heavy (non-hydrogen) atoms. The number of hydrogen-bond donors (Lipinski definition) is 1. The molecule has 1 fully saturated rings. The molecule has 2 unspecified atom stereocenters. The maximum Gasteiger partial charge on any atom is 0.119 e. The minimum absolute atomic E-state index is 0.461. The van der Waals surface area contributed by atoms with Gasteiger partial charge in [0.1, 0.15) is 5.75 Å². The van der Waals surface area contributed by atoms with E-state index < -0.39 is 0 Å². The Bertz CT molecular complexity index is 454. The Labute approximate surface area is 122 Å². The number of hydrogen-bond acceptors (Lipinski definition) is 3. The highest BCUT2D eigenvalue weighted by Gasteiger charge is 2.33. The second-order valence-corrected chi connectivity index (χ2v) is 6.03. The number of benzene rings is 1. The lowest BCUT2D eigenvalue weighted by molar-refractivity contribution is 0.119. The van der Waals surface area contributed by atoms with E-state index in [2.05, 4.69) is 35.5 Å². The third-order valence-corrected chi connectivity index (χ3v) is 4.95. The Morgan fingerprint density at radius 3 is 2.70 bits per heavy atom. The van der Waals surface area contributed by atoms with Crippen LogP contribution in [0.15, 0.2) is 18.2 Å². The van der Waals surface area contributed by atoms with Gasteiger partial charge in [0.15, 0.2) is 0 Å². The van der Waals surface area contributed by atoms with Gasteiger partial charge in [0.2, 0.25) is 0 Å². The molecule has 0 bridgehead atoms. The number of ether oxygens (including phenoxy) is 1. The summed E-state index contributed by atoms with van der Waals surface area (Å²) < 4.78 is 5.36. The first-order chi connectivity index (χ1) is 9.83. The van der Waals surface area contributed by atoms with Crippen molar-refractivity contribution in [2.75, 3.05) is 27.2 Å². The van der Waals surface area contributed by atoms with Crippen LogP contribution in [-0.2, 0) is 6.42 Å². The number of aryl methyl sites for hydroxylation is 1. The van der Waals surface area contributed by atoms with Gasteiger partial charge in [-0.25, -0.2) is 0 Å². The van der Waals surface area contributed by atoms with Gasteiger partial charge in [0.05, 0.1) is 7.11 Å². The van der Waals surface area contributed by atoms with Gasteiger partial charge in [-0.2, -0.15) is 0 Å². The SMILES string of the molecule is CNC1c2ccc(OC)cc2CCC1N1CCCCC1. The Balaban J connectivity index is 1.85. The minimum Gasteiger partial charge on any atom is -0.497 e. The Hall–Kier alpha value is -1.06. The maximum absolute atomic E-state index is 5.36. The van der Waals surface area contributed by atoms with E-state index in [0.29, 0.717) is 12.1 Å². The van der Waals surface area contributed by atoms with Gasteiger partial charge in [0, 0.05) is 12.1 Å². The van der Waals surface area contributed by atoms with E-state index in [1.54, 1.807) is 7.11 Å².